The lowest BCUT2D eigenvalue weighted by molar-refractivity contribution is 0.152. The predicted octanol–water partition coefficient (Wildman–Crippen LogP) is -0.520. The Hall–Kier alpha value is -0.780. The molecule has 4 atom stereocenters. The normalized spacial score (nSPS) is 46.2. The third-order valence-electron chi connectivity index (χ3n) is 3.61. The van der Waals surface area contributed by atoms with Crippen LogP contribution in [0.5, 0.6) is 0 Å². The van der Waals surface area contributed by atoms with Crippen molar-refractivity contribution in [3.8, 4) is 0 Å². The number of hydrogen-bond acceptors (Lipinski definition) is 4. The number of nitrogens with zero attached hydrogens (tertiary/aromatic N) is 1. The van der Waals surface area contributed by atoms with Crippen LogP contribution in [0, 0.1) is 11.8 Å². The molecule has 0 radical (unpaired) electrons. The number of hydrogen-bond donors (Lipinski definition) is 0. The number of ether oxygens (including phenoxy) is 1. The van der Waals surface area contributed by atoms with E-state index in [1.807, 2.05) is 0 Å². The van der Waals surface area contributed by atoms with Gasteiger partial charge >= 0.3 is 6.09 Å². The Morgan fingerprint density at radius 1 is 1.29 bits per heavy atom. The summed E-state index contributed by atoms with van der Waals surface area (Å²) in [5.41, 5.74) is 0. The van der Waals surface area contributed by atoms with E-state index in [0.29, 0.717) is 0 Å². The van der Waals surface area contributed by atoms with E-state index in [1.54, 1.807) is 4.90 Å². The Kier molecular flexibility index (Phi) is 1.36. The molecule has 3 aliphatic rings. The number of carbonyl (C=O) groups excluding carboxylic acids is 1. The highest BCUT2D eigenvalue weighted by Gasteiger charge is 2.73. The fourth-order valence-electron chi connectivity index (χ4n) is 3.00. The molecule has 5 nitrogen and oxygen atoms in total. The second-order valence-electron chi connectivity index (χ2n) is 4.26. The zero-order chi connectivity index (χ0) is 10.1. The van der Waals surface area contributed by atoms with Crippen molar-refractivity contribution in [1.82, 2.24) is 4.90 Å². The first kappa shape index (κ1) is 8.52. The largest absolute Gasteiger partial charge is 0.453 e. The summed E-state index contributed by atoms with van der Waals surface area (Å²) in [5, 5.41) is 0. The Balaban J connectivity index is 1.76. The summed E-state index contributed by atoms with van der Waals surface area (Å²) >= 11 is 0. The molecule has 2 saturated heterocycles. The molecule has 3 fully saturated rings. The van der Waals surface area contributed by atoms with Crippen molar-refractivity contribution in [3.63, 3.8) is 0 Å². The molecule has 1 saturated carbocycles. The van der Waals surface area contributed by atoms with Crippen LogP contribution in [0.4, 0.5) is 4.79 Å². The lowest BCUT2D eigenvalue weighted by Crippen LogP contribution is -2.34. The number of methoxy groups -OCH3 is 1. The summed E-state index contributed by atoms with van der Waals surface area (Å²) in [4.78, 5) is 12.9. The van der Waals surface area contributed by atoms with Gasteiger partial charge in [0.25, 0.3) is 0 Å². The maximum Gasteiger partial charge on any atom is 0.410 e. The molecule has 2 heterocycles. The van der Waals surface area contributed by atoms with Gasteiger partial charge in [-0.05, 0) is 0 Å². The predicted molar refractivity (Wildman–Crippen MR) is 47.5 cm³/mol. The van der Waals surface area contributed by atoms with Gasteiger partial charge in [-0.3, -0.25) is 4.90 Å². The van der Waals surface area contributed by atoms with E-state index >= 15 is 0 Å². The van der Waals surface area contributed by atoms with Crippen molar-refractivity contribution in [2.24, 2.45) is 11.8 Å². The SMILES string of the molecule is COC(=O)N1C2C3CS(=O)(=O)CC3C21. The zero-order valence-corrected chi connectivity index (χ0v) is 8.53. The summed E-state index contributed by atoms with van der Waals surface area (Å²) in [6.07, 6.45) is -0.313. The molecular formula is C8H11NO4S. The lowest BCUT2D eigenvalue weighted by atomic mass is 9.77. The minimum absolute atomic E-state index is 0.157. The van der Waals surface area contributed by atoms with Gasteiger partial charge in [-0.1, -0.05) is 0 Å². The fourth-order valence-corrected chi connectivity index (χ4v) is 5.19. The van der Waals surface area contributed by atoms with Crippen LogP contribution in [0.15, 0.2) is 0 Å². The molecule has 14 heavy (non-hydrogen) atoms. The van der Waals surface area contributed by atoms with Crippen molar-refractivity contribution >= 4 is 15.9 Å². The van der Waals surface area contributed by atoms with Gasteiger partial charge in [0, 0.05) is 11.8 Å². The number of carbonyl (C=O) groups is 1. The van der Waals surface area contributed by atoms with Gasteiger partial charge < -0.3 is 4.74 Å². The summed E-state index contributed by atoms with van der Waals surface area (Å²) in [6.45, 7) is 0. The van der Waals surface area contributed by atoms with Crippen LogP contribution in [-0.2, 0) is 14.6 Å². The van der Waals surface area contributed by atoms with Crippen LogP contribution < -0.4 is 0 Å². The third kappa shape index (κ3) is 0.846. The standard InChI is InChI=1S/C8H11NO4S/c1-13-8(10)9-6-4-2-14(11,12)3-5(4)7(6)9/h4-7H,2-3H2,1H3. The zero-order valence-electron chi connectivity index (χ0n) is 7.71. The molecule has 6 heteroatoms. The maximum atomic E-state index is 11.3. The van der Waals surface area contributed by atoms with Crippen molar-refractivity contribution in [1.29, 1.82) is 0 Å². The molecule has 1 aliphatic carbocycles. The van der Waals surface area contributed by atoms with Gasteiger partial charge in [-0.25, -0.2) is 13.2 Å². The summed E-state index contributed by atoms with van der Waals surface area (Å²) in [6, 6.07) is 0.314. The average Bonchev–Trinajstić information content (AvgIpc) is 2.74. The average molecular weight is 217 g/mol. The first-order valence-corrected chi connectivity index (χ1v) is 6.44. The number of rotatable bonds is 0. The summed E-state index contributed by atoms with van der Waals surface area (Å²) < 4.78 is 27.1. The Labute approximate surface area is 81.9 Å². The molecule has 0 aromatic carbocycles. The minimum atomic E-state index is -2.82. The highest BCUT2D eigenvalue weighted by molar-refractivity contribution is 7.91. The van der Waals surface area contributed by atoms with Crippen molar-refractivity contribution in [2.75, 3.05) is 18.6 Å². The van der Waals surface area contributed by atoms with Crippen LogP contribution in [0.2, 0.25) is 0 Å². The topological polar surface area (TPSA) is 63.5 Å². The molecule has 0 aromatic heterocycles. The smallest absolute Gasteiger partial charge is 0.410 e. The van der Waals surface area contributed by atoms with Gasteiger partial charge in [0.2, 0.25) is 0 Å². The lowest BCUT2D eigenvalue weighted by Gasteiger charge is -2.22. The molecule has 0 N–H and O–H groups in total. The van der Waals surface area contributed by atoms with Crippen molar-refractivity contribution < 1.29 is 17.9 Å². The molecule has 4 unspecified atom stereocenters. The quantitative estimate of drug-likeness (QED) is 0.512. The van der Waals surface area contributed by atoms with Crippen LogP contribution in [0.3, 0.4) is 0 Å². The summed E-state index contributed by atoms with van der Waals surface area (Å²) in [7, 11) is -1.47. The van der Waals surface area contributed by atoms with E-state index in [2.05, 4.69) is 4.74 Å². The molecule has 1 amide bonds. The summed E-state index contributed by atoms with van der Waals surface area (Å²) in [5.74, 6) is 0.881. The van der Waals surface area contributed by atoms with Gasteiger partial charge in [0.1, 0.15) is 0 Å². The molecule has 0 aromatic rings. The van der Waals surface area contributed by atoms with E-state index in [0.717, 1.165) is 0 Å². The van der Waals surface area contributed by atoms with Gasteiger partial charge in [0.05, 0.1) is 30.7 Å². The molecule has 2 aliphatic heterocycles. The first-order chi connectivity index (χ1) is 6.55. The Bertz CT molecular complexity index is 380. The highest BCUT2D eigenvalue weighted by atomic mass is 32.2. The van der Waals surface area contributed by atoms with Crippen molar-refractivity contribution in [3.05, 3.63) is 0 Å². The second kappa shape index (κ2) is 2.24. The van der Waals surface area contributed by atoms with E-state index in [4.69, 9.17) is 0 Å². The van der Waals surface area contributed by atoms with E-state index in [9.17, 15) is 13.2 Å². The molecule has 78 valence electrons. The van der Waals surface area contributed by atoms with Gasteiger partial charge in [0.15, 0.2) is 9.84 Å². The van der Waals surface area contributed by atoms with Crippen LogP contribution in [0.1, 0.15) is 0 Å². The van der Waals surface area contributed by atoms with E-state index < -0.39 is 9.84 Å². The second-order valence-corrected chi connectivity index (χ2v) is 6.42. The van der Waals surface area contributed by atoms with E-state index in [1.165, 1.54) is 7.11 Å². The van der Waals surface area contributed by atoms with Crippen LogP contribution >= 0.6 is 0 Å². The number of likely N-dealkylation sites (tertiary alicyclic amines) is 1. The van der Waals surface area contributed by atoms with E-state index in [-0.39, 0.29) is 41.5 Å². The Morgan fingerprint density at radius 3 is 2.21 bits per heavy atom. The molecular weight excluding hydrogens is 206 g/mol. The highest BCUT2D eigenvalue weighted by Crippen LogP contribution is 2.58. The Morgan fingerprint density at radius 2 is 1.79 bits per heavy atom. The van der Waals surface area contributed by atoms with Gasteiger partial charge in [-0.2, -0.15) is 0 Å². The monoisotopic (exact) mass is 217 g/mol. The first-order valence-electron chi connectivity index (χ1n) is 4.62. The molecule has 3 rings (SSSR count). The minimum Gasteiger partial charge on any atom is -0.453 e. The third-order valence-corrected chi connectivity index (χ3v) is 5.39. The van der Waals surface area contributed by atoms with Crippen molar-refractivity contribution in [2.45, 2.75) is 12.1 Å². The number of amides is 1. The molecule has 0 spiro atoms. The van der Waals surface area contributed by atoms with Crippen LogP contribution in [-0.4, -0.2) is 50.1 Å². The molecule has 0 bridgehead atoms. The number of sulfone groups is 1. The fraction of sp³-hybridized carbons (Fsp3) is 0.875. The van der Waals surface area contributed by atoms with Gasteiger partial charge in [-0.15, -0.1) is 0 Å². The maximum absolute atomic E-state index is 11.3. The number of fused-ring (bicyclic) bond motifs is 4. The van der Waals surface area contributed by atoms with Crippen LogP contribution in [0.25, 0.3) is 0 Å².